The van der Waals surface area contributed by atoms with Crippen LogP contribution in [0.2, 0.25) is 0 Å². The third-order valence-electron chi connectivity index (χ3n) is 3.66. The normalized spacial score (nSPS) is 14.5. The predicted octanol–water partition coefficient (Wildman–Crippen LogP) is 1.63. The fourth-order valence-corrected chi connectivity index (χ4v) is 2.64. The van der Waals surface area contributed by atoms with Crippen molar-refractivity contribution in [3.8, 4) is 0 Å². The summed E-state index contributed by atoms with van der Waals surface area (Å²) in [5.41, 5.74) is 5.72. The zero-order valence-electron chi connectivity index (χ0n) is 14.0. The Morgan fingerprint density at radius 1 is 1.33 bits per heavy atom. The van der Waals surface area contributed by atoms with Crippen molar-refractivity contribution >= 4 is 27.9 Å². The summed E-state index contributed by atoms with van der Waals surface area (Å²) in [5, 5.41) is 5.89. The highest BCUT2D eigenvalue weighted by atomic mass is 32.2. The number of benzene rings is 1. The summed E-state index contributed by atoms with van der Waals surface area (Å²) in [6, 6.07) is 6.26. The molecule has 4 N–H and O–H groups in total. The Kier molecular flexibility index (Phi) is 7.12. The van der Waals surface area contributed by atoms with Gasteiger partial charge in [-0.1, -0.05) is 18.2 Å². The van der Waals surface area contributed by atoms with E-state index in [-0.39, 0.29) is 5.91 Å². The molecular formula is C16H23N3O4S. The Bertz CT molecular complexity index is 760. The minimum Gasteiger partial charge on any atom is -0.322 e. The quantitative estimate of drug-likeness (QED) is 0.245. The molecule has 0 fully saturated rings. The van der Waals surface area contributed by atoms with Crippen LogP contribution in [0.15, 0.2) is 28.9 Å². The molecule has 0 bridgehead atoms. The van der Waals surface area contributed by atoms with Crippen LogP contribution in [0.5, 0.6) is 0 Å². The van der Waals surface area contributed by atoms with Gasteiger partial charge < -0.3 is 11.2 Å². The largest absolute Gasteiger partial charge is 0.322 e. The van der Waals surface area contributed by atoms with Gasteiger partial charge >= 0.3 is 0 Å². The van der Waals surface area contributed by atoms with Crippen molar-refractivity contribution in [2.45, 2.75) is 33.1 Å². The highest BCUT2D eigenvalue weighted by Gasteiger charge is 2.19. The lowest BCUT2D eigenvalue weighted by molar-refractivity contribution is -0.116. The van der Waals surface area contributed by atoms with Crippen LogP contribution in [0.25, 0.3) is 5.57 Å². The van der Waals surface area contributed by atoms with Crippen molar-refractivity contribution in [1.82, 2.24) is 5.32 Å². The molecule has 1 aromatic carbocycles. The van der Waals surface area contributed by atoms with Crippen molar-refractivity contribution < 1.29 is 17.8 Å². The molecule has 0 spiro atoms. The van der Waals surface area contributed by atoms with Crippen molar-refractivity contribution in [3.63, 3.8) is 0 Å². The molecule has 0 aliphatic heterocycles. The average molecular weight is 353 g/mol. The van der Waals surface area contributed by atoms with E-state index in [1.165, 1.54) is 23.0 Å². The van der Waals surface area contributed by atoms with Gasteiger partial charge in [0.1, 0.15) is 6.34 Å². The highest BCUT2D eigenvalue weighted by molar-refractivity contribution is 7.85. The first-order valence-corrected chi connectivity index (χ1v) is 9.23. The molecule has 2 rings (SSSR count). The van der Waals surface area contributed by atoms with E-state index in [9.17, 15) is 13.2 Å². The number of amides is 1. The minimum absolute atomic E-state index is 0.110. The van der Waals surface area contributed by atoms with Crippen LogP contribution in [0, 0.1) is 6.92 Å². The molecule has 0 atom stereocenters. The van der Waals surface area contributed by atoms with Gasteiger partial charge in [-0.3, -0.25) is 9.35 Å². The van der Waals surface area contributed by atoms with Gasteiger partial charge in [0, 0.05) is 5.57 Å². The van der Waals surface area contributed by atoms with E-state index in [4.69, 9.17) is 10.4 Å². The number of fused-ring (bicyclic) bond motifs is 1. The second-order valence-corrected chi connectivity index (χ2v) is 7.01. The van der Waals surface area contributed by atoms with Gasteiger partial charge in [0.2, 0.25) is 0 Å². The second-order valence-electron chi connectivity index (χ2n) is 5.54. The van der Waals surface area contributed by atoms with E-state index in [0.717, 1.165) is 30.4 Å². The number of nitrogens with two attached hydrogens (primary N) is 1. The third-order valence-corrected chi connectivity index (χ3v) is 3.66. The van der Waals surface area contributed by atoms with Crippen LogP contribution in [-0.4, -0.2) is 31.5 Å². The fourth-order valence-electron chi connectivity index (χ4n) is 2.64. The van der Waals surface area contributed by atoms with E-state index in [0.29, 0.717) is 6.26 Å². The molecular weight excluding hydrogens is 330 g/mol. The van der Waals surface area contributed by atoms with E-state index >= 15 is 0 Å². The molecule has 0 unspecified atom stereocenters. The summed E-state index contributed by atoms with van der Waals surface area (Å²) in [5.74, 6) is 4.90. The number of aryl methyl sites for hydroxylation is 1. The van der Waals surface area contributed by atoms with Gasteiger partial charge in [-0.2, -0.15) is 13.5 Å². The van der Waals surface area contributed by atoms with Crippen LogP contribution in [-0.2, 0) is 21.3 Å². The number of hydrazone groups is 1. The molecule has 0 heterocycles. The molecule has 0 radical (unpaired) electrons. The predicted molar refractivity (Wildman–Crippen MR) is 95.0 cm³/mol. The third kappa shape index (κ3) is 6.13. The van der Waals surface area contributed by atoms with Gasteiger partial charge in [-0.15, -0.1) is 0 Å². The molecule has 0 saturated heterocycles. The fraction of sp³-hybridized carbons (Fsp3) is 0.375. The molecule has 1 aliphatic rings. The number of hydrogen-bond acceptors (Lipinski definition) is 5. The summed E-state index contributed by atoms with van der Waals surface area (Å²) in [7, 11) is -3.67. The molecule has 7 nitrogen and oxygen atoms in total. The van der Waals surface area contributed by atoms with Crippen molar-refractivity contribution in [1.29, 1.82) is 0 Å². The Morgan fingerprint density at radius 2 is 1.96 bits per heavy atom. The van der Waals surface area contributed by atoms with E-state index in [1.807, 2.05) is 13.0 Å². The number of carbonyl (C=O) groups excluding carboxylic acids is 1. The van der Waals surface area contributed by atoms with Gasteiger partial charge in [0.05, 0.1) is 6.26 Å². The smallest absolute Gasteiger partial charge is 0.261 e. The van der Waals surface area contributed by atoms with Crippen molar-refractivity contribution in [2.24, 2.45) is 10.9 Å². The SMILES string of the molecule is CC1=C(C(=O)NC=NN)CCCc2c(C)cccc21.CS(=O)(=O)O. The number of rotatable bonds is 2. The summed E-state index contributed by atoms with van der Waals surface area (Å²) >= 11 is 0. The number of nitrogens with one attached hydrogen (secondary N) is 1. The number of carbonyl (C=O) groups is 1. The van der Waals surface area contributed by atoms with E-state index in [2.05, 4.69) is 29.5 Å². The van der Waals surface area contributed by atoms with Crippen LogP contribution >= 0.6 is 0 Å². The molecule has 1 amide bonds. The summed E-state index contributed by atoms with van der Waals surface area (Å²) < 4.78 is 25.9. The van der Waals surface area contributed by atoms with Crippen LogP contribution in [0.3, 0.4) is 0 Å². The first-order chi connectivity index (χ1) is 11.1. The lowest BCUT2D eigenvalue weighted by Gasteiger charge is -2.11. The Hall–Kier alpha value is -2.19. The molecule has 24 heavy (non-hydrogen) atoms. The van der Waals surface area contributed by atoms with E-state index in [1.54, 1.807) is 0 Å². The standard InChI is InChI=1S/C15H19N3O.CH4O3S/c1-10-5-3-7-13-11(2)14(8-4-6-12(10)13)15(19)17-9-18-16;1-5(2,3)4/h3,5,7,9H,4,6,8,16H2,1-2H3,(H,17,18,19);1H3,(H,2,3,4). The average Bonchev–Trinajstić information content (AvgIpc) is 2.64. The summed E-state index contributed by atoms with van der Waals surface area (Å²) in [6.45, 7) is 4.14. The lowest BCUT2D eigenvalue weighted by atomic mass is 9.94. The second kappa shape index (κ2) is 8.60. The van der Waals surface area contributed by atoms with Gasteiger partial charge in [0.15, 0.2) is 0 Å². The van der Waals surface area contributed by atoms with Gasteiger partial charge in [0.25, 0.3) is 16.0 Å². The van der Waals surface area contributed by atoms with Crippen molar-refractivity contribution in [3.05, 3.63) is 40.5 Å². The minimum atomic E-state index is -3.67. The number of nitrogens with zero attached hydrogens (tertiary/aromatic N) is 1. The van der Waals surface area contributed by atoms with Crippen LogP contribution < -0.4 is 11.2 Å². The Labute approximate surface area is 142 Å². The maximum atomic E-state index is 12.1. The lowest BCUT2D eigenvalue weighted by Crippen LogP contribution is -2.24. The molecule has 132 valence electrons. The first kappa shape index (κ1) is 19.9. The monoisotopic (exact) mass is 353 g/mol. The topological polar surface area (TPSA) is 122 Å². The van der Waals surface area contributed by atoms with Gasteiger partial charge in [-0.25, -0.2) is 0 Å². The number of hydrogen-bond donors (Lipinski definition) is 3. The summed E-state index contributed by atoms with van der Waals surface area (Å²) in [4.78, 5) is 12.1. The van der Waals surface area contributed by atoms with Crippen molar-refractivity contribution in [2.75, 3.05) is 6.26 Å². The zero-order valence-corrected chi connectivity index (χ0v) is 14.9. The highest BCUT2D eigenvalue weighted by Crippen LogP contribution is 2.31. The maximum Gasteiger partial charge on any atom is 0.261 e. The first-order valence-electron chi connectivity index (χ1n) is 7.38. The summed E-state index contributed by atoms with van der Waals surface area (Å²) in [6.07, 6.45) is 4.72. The van der Waals surface area contributed by atoms with Gasteiger partial charge in [-0.05, 0) is 55.4 Å². The molecule has 0 saturated carbocycles. The Morgan fingerprint density at radius 3 is 2.54 bits per heavy atom. The molecule has 8 heteroatoms. The van der Waals surface area contributed by atoms with Crippen LogP contribution in [0.4, 0.5) is 0 Å². The number of allylic oxidation sites excluding steroid dienone is 1. The molecule has 1 aliphatic carbocycles. The molecule has 1 aromatic rings. The maximum absolute atomic E-state index is 12.1. The zero-order chi connectivity index (χ0) is 18.3. The Balaban J connectivity index is 0.000000505. The molecule has 0 aromatic heterocycles. The van der Waals surface area contributed by atoms with E-state index < -0.39 is 10.1 Å². The van der Waals surface area contributed by atoms with Crippen LogP contribution in [0.1, 0.15) is 36.5 Å².